The molecule has 2 rings (SSSR count). The van der Waals surface area contributed by atoms with E-state index in [9.17, 15) is 9.18 Å². The van der Waals surface area contributed by atoms with E-state index in [0.717, 1.165) is 0 Å². The van der Waals surface area contributed by atoms with Gasteiger partial charge in [-0.15, -0.1) is 12.4 Å². The van der Waals surface area contributed by atoms with Crippen molar-refractivity contribution in [2.45, 2.75) is 18.6 Å². The first-order valence-corrected chi connectivity index (χ1v) is 5.01. The highest BCUT2D eigenvalue weighted by Gasteiger charge is 2.32. The first-order valence-electron chi connectivity index (χ1n) is 5.01. The Labute approximate surface area is 94.6 Å². The minimum absolute atomic E-state index is 0. The summed E-state index contributed by atoms with van der Waals surface area (Å²) in [7, 11) is 0. The molecule has 0 radical (unpaired) electrons. The molecule has 2 aliphatic rings. The Bertz CT molecular complexity index is 217. The number of ether oxygens (including phenoxy) is 1. The second-order valence-electron chi connectivity index (χ2n) is 3.73. The zero-order valence-electron chi connectivity index (χ0n) is 8.45. The average Bonchev–Trinajstić information content (AvgIpc) is 2.65. The van der Waals surface area contributed by atoms with Gasteiger partial charge in [0.15, 0.2) is 0 Å². The number of carbonyl (C=O) groups excluding carboxylic acids is 1. The summed E-state index contributed by atoms with van der Waals surface area (Å²) in [4.78, 5) is 13.5. The van der Waals surface area contributed by atoms with Crippen LogP contribution in [-0.4, -0.2) is 55.9 Å². The van der Waals surface area contributed by atoms with Crippen LogP contribution in [0.15, 0.2) is 0 Å². The molecular weight excluding hydrogens is 223 g/mol. The number of carbonyl (C=O) groups is 1. The number of morpholine rings is 1. The molecule has 1 N–H and O–H groups in total. The van der Waals surface area contributed by atoms with Crippen LogP contribution in [0.25, 0.3) is 0 Å². The van der Waals surface area contributed by atoms with E-state index in [1.807, 2.05) is 0 Å². The smallest absolute Gasteiger partial charge is 0.239 e. The fourth-order valence-electron chi connectivity index (χ4n) is 1.88. The maximum Gasteiger partial charge on any atom is 0.239 e. The van der Waals surface area contributed by atoms with Crippen molar-refractivity contribution in [2.75, 3.05) is 32.8 Å². The molecule has 0 saturated carbocycles. The van der Waals surface area contributed by atoms with E-state index >= 15 is 0 Å². The number of nitrogens with one attached hydrogen (secondary N) is 1. The van der Waals surface area contributed by atoms with Gasteiger partial charge in [-0.2, -0.15) is 0 Å². The first kappa shape index (κ1) is 12.7. The fourth-order valence-corrected chi connectivity index (χ4v) is 1.88. The van der Waals surface area contributed by atoms with E-state index in [0.29, 0.717) is 39.3 Å². The highest BCUT2D eigenvalue weighted by molar-refractivity contribution is 5.85. The number of halogens is 2. The molecule has 2 aliphatic heterocycles. The Balaban J connectivity index is 0.00000112. The van der Waals surface area contributed by atoms with Crippen LogP contribution in [0.4, 0.5) is 4.39 Å². The number of nitrogens with zero attached hydrogens (tertiary/aromatic N) is 1. The zero-order chi connectivity index (χ0) is 9.97. The van der Waals surface area contributed by atoms with Gasteiger partial charge >= 0.3 is 0 Å². The van der Waals surface area contributed by atoms with E-state index in [4.69, 9.17) is 4.74 Å². The van der Waals surface area contributed by atoms with Gasteiger partial charge in [-0.1, -0.05) is 0 Å². The molecule has 2 saturated heterocycles. The summed E-state index contributed by atoms with van der Waals surface area (Å²) in [5.74, 6) is 0.0217. The van der Waals surface area contributed by atoms with Crippen LogP contribution < -0.4 is 5.32 Å². The molecule has 0 unspecified atom stereocenters. The molecule has 0 aliphatic carbocycles. The van der Waals surface area contributed by atoms with Crippen LogP contribution in [0.2, 0.25) is 0 Å². The number of amides is 1. The van der Waals surface area contributed by atoms with Crippen LogP contribution in [0.1, 0.15) is 6.42 Å². The number of alkyl halides is 1. The van der Waals surface area contributed by atoms with Gasteiger partial charge in [0, 0.05) is 26.1 Å². The van der Waals surface area contributed by atoms with Gasteiger partial charge in [0.25, 0.3) is 0 Å². The lowest BCUT2D eigenvalue weighted by Crippen LogP contribution is -2.48. The van der Waals surface area contributed by atoms with Crippen molar-refractivity contribution in [3.63, 3.8) is 0 Å². The second-order valence-corrected chi connectivity index (χ2v) is 3.73. The van der Waals surface area contributed by atoms with Crippen molar-refractivity contribution < 1.29 is 13.9 Å². The number of hydrogen-bond donors (Lipinski definition) is 1. The van der Waals surface area contributed by atoms with Crippen LogP contribution in [-0.2, 0) is 9.53 Å². The van der Waals surface area contributed by atoms with E-state index in [1.54, 1.807) is 4.90 Å². The van der Waals surface area contributed by atoms with Crippen molar-refractivity contribution in [1.82, 2.24) is 10.2 Å². The maximum absolute atomic E-state index is 12.8. The summed E-state index contributed by atoms with van der Waals surface area (Å²) in [5.41, 5.74) is 0. The van der Waals surface area contributed by atoms with Crippen molar-refractivity contribution in [1.29, 1.82) is 0 Å². The molecule has 4 nitrogen and oxygen atoms in total. The Kier molecular flexibility index (Phi) is 4.76. The van der Waals surface area contributed by atoms with Gasteiger partial charge in [-0.05, 0) is 0 Å². The lowest BCUT2D eigenvalue weighted by molar-refractivity contribution is -0.137. The summed E-state index contributed by atoms with van der Waals surface area (Å²) in [6.07, 6.45) is -0.555. The Morgan fingerprint density at radius 2 is 2.07 bits per heavy atom. The topological polar surface area (TPSA) is 41.6 Å². The van der Waals surface area contributed by atoms with E-state index in [-0.39, 0.29) is 24.4 Å². The molecule has 0 bridgehead atoms. The molecule has 0 aromatic heterocycles. The summed E-state index contributed by atoms with van der Waals surface area (Å²) >= 11 is 0. The third kappa shape index (κ3) is 3.03. The fraction of sp³-hybridized carbons (Fsp3) is 0.889. The van der Waals surface area contributed by atoms with E-state index in [1.165, 1.54) is 0 Å². The summed E-state index contributed by atoms with van der Waals surface area (Å²) < 4.78 is 18.0. The van der Waals surface area contributed by atoms with Gasteiger partial charge in [0.1, 0.15) is 6.17 Å². The molecule has 2 heterocycles. The largest absolute Gasteiger partial charge is 0.378 e. The summed E-state index contributed by atoms with van der Waals surface area (Å²) in [6, 6.07) is -0.317. The Morgan fingerprint density at radius 3 is 2.60 bits per heavy atom. The molecule has 0 spiro atoms. The van der Waals surface area contributed by atoms with Crippen LogP contribution in [0.5, 0.6) is 0 Å². The van der Waals surface area contributed by atoms with Gasteiger partial charge in [-0.25, -0.2) is 4.39 Å². The van der Waals surface area contributed by atoms with Crippen LogP contribution >= 0.6 is 12.4 Å². The van der Waals surface area contributed by atoms with Gasteiger partial charge in [0.2, 0.25) is 5.91 Å². The zero-order valence-corrected chi connectivity index (χ0v) is 9.26. The first-order chi connectivity index (χ1) is 6.77. The molecular formula is C9H16ClFN2O2. The molecule has 15 heavy (non-hydrogen) atoms. The van der Waals surface area contributed by atoms with Gasteiger partial charge in [-0.3, -0.25) is 4.79 Å². The summed E-state index contributed by atoms with van der Waals surface area (Å²) in [5, 5.41) is 2.90. The molecule has 6 heteroatoms. The predicted molar refractivity (Wildman–Crippen MR) is 56.0 cm³/mol. The molecule has 88 valence electrons. The third-order valence-electron chi connectivity index (χ3n) is 2.70. The van der Waals surface area contributed by atoms with E-state index in [2.05, 4.69) is 5.32 Å². The number of hydrogen-bond acceptors (Lipinski definition) is 3. The minimum atomic E-state index is -0.870. The normalized spacial score (nSPS) is 31.1. The third-order valence-corrected chi connectivity index (χ3v) is 2.70. The quantitative estimate of drug-likeness (QED) is 0.698. The van der Waals surface area contributed by atoms with Gasteiger partial charge < -0.3 is 15.0 Å². The van der Waals surface area contributed by atoms with Crippen LogP contribution in [0.3, 0.4) is 0 Å². The molecule has 0 aromatic carbocycles. The Morgan fingerprint density at radius 1 is 1.40 bits per heavy atom. The minimum Gasteiger partial charge on any atom is -0.378 e. The SMILES string of the molecule is Cl.O=C([C@@H]1C[C@@H](F)CN1)N1CCOCC1. The monoisotopic (exact) mass is 238 g/mol. The highest BCUT2D eigenvalue weighted by Crippen LogP contribution is 2.13. The van der Waals surface area contributed by atoms with Crippen molar-refractivity contribution in [3.05, 3.63) is 0 Å². The van der Waals surface area contributed by atoms with Crippen molar-refractivity contribution in [2.24, 2.45) is 0 Å². The molecule has 0 aromatic rings. The predicted octanol–water partition coefficient (Wildman–Crippen LogP) is -0.0330. The Hall–Kier alpha value is -0.390. The average molecular weight is 239 g/mol. The highest BCUT2D eigenvalue weighted by atomic mass is 35.5. The molecule has 1 amide bonds. The van der Waals surface area contributed by atoms with Crippen molar-refractivity contribution in [3.8, 4) is 0 Å². The lowest BCUT2D eigenvalue weighted by Gasteiger charge is -2.29. The lowest BCUT2D eigenvalue weighted by atomic mass is 10.2. The summed E-state index contributed by atoms with van der Waals surface area (Å²) in [6.45, 7) is 2.76. The van der Waals surface area contributed by atoms with Crippen LogP contribution in [0, 0.1) is 0 Å². The standard InChI is InChI=1S/C9H15FN2O2.ClH/c10-7-5-8(11-6-7)9(13)12-1-3-14-4-2-12;/h7-8,11H,1-6H2;1H/t7-,8+;/m1./s1. The second kappa shape index (κ2) is 5.63. The van der Waals surface area contributed by atoms with E-state index < -0.39 is 6.17 Å². The van der Waals surface area contributed by atoms with Crippen molar-refractivity contribution >= 4 is 18.3 Å². The van der Waals surface area contributed by atoms with Gasteiger partial charge in [0.05, 0.1) is 19.3 Å². The number of rotatable bonds is 1. The maximum atomic E-state index is 12.8. The molecule has 2 fully saturated rings. The molecule has 2 atom stereocenters.